The van der Waals surface area contributed by atoms with E-state index in [9.17, 15) is 8.76 Å². The number of fused-ring (bicyclic) bond motifs is 1. The highest BCUT2D eigenvalue weighted by molar-refractivity contribution is 7.98. The quantitative estimate of drug-likeness (QED) is 0.470. The summed E-state index contributed by atoms with van der Waals surface area (Å²) in [5, 5.41) is 7.92. The van der Waals surface area contributed by atoms with E-state index in [0.717, 1.165) is 23.3 Å². The summed E-state index contributed by atoms with van der Waals surface area (Å²) in [7, 11) is -1.73. The number of methoxy groups -OCH3 is 1. The molecule has 0 aliphatic heterocycles. The summed E-state index contributed by atoms with van der Waals surface area (Å²) < 4.78 is 32.5. The number of rotatable bonds is 6. The first-order chi connectivity index (χ1) is 13.9. The Kier molecular flexibility index (Phi) is 4.91. The van der Waals surface area contributed by atoms with Crippen molar-refractivity contribution in [2.24, 2.45) is 0 Å². The van der Waals surface area contributed by atoms with Crippen LogP contribution in [0.1, 0.15) is 0 Å². The second kappa shape index (κ2) is 7.53. The number of hydrogen-bond donors (Lipinski definition) is 2. The maximum absolute atomic E-state index is 11.5. The Morgan fingerprint density at radius 1 is 1.07 bits per heavy atom. The summed E-state index contributed by atoms with van der Waals surface area (Å²) in [5.41, 5.74) is 3.45. The molecule has 0 amide bonds. The number of imidazole rings is 1. The summed E-state index contributed by atoms with van der Waals surface area (Å²) in [6, 6.07) is 18.4. The maximum atomic E-state index is 11.5. The van der Waals surface area contributed by atoms with E-state index in [2.05, 4.69) is 15.0 Å². The number of sulfonamides is 1. The molecule has 0 saturated carbocycles. The van der Waals surface area contributed by atoms with Gasteiger partial charge in [-0.15, -0.1) is 0 Å². The number of nitrogens with zero attached hydrogens (tertiary/aromatic N) is 3. The molecular formula is C20H19N5O3S. The number of benzene rings is 2. The SMILES string of the molecule is COc1ccccc1-c1ccc2ncc(Nc3cccc(N[S+](C)(=O)[O-])c3)n2n1. The van der Waals surface area contributed by atoms with E-state index in [0.29, 0.717) is 22.8 Å². The molecule has 1 unspecified atom stereocenters. The van der Waals surface area contributed by atoms with Crippen LogP contribution in [-0.4, -0.2) is 32.5 Å². The van der Waals surface area contributed by atoms with Gasteiger partial charge < -0.3 is 14.6 Å². The van der Waals surface area contributed by atoms with Gasteiger partial charge in [0, 0.05) is 11.3 Å². The minimum Gasteiger partial charge on any atom is -0.593 e. The molecule has 0 saturated heterocycles. The van der Waals surface area contributed by atoms with E-state index in [1.165, 1.54) is 0 Å². The summed E-state index contributed by atoms with van der Waals surface area (Å²) in [6.07, 6.45) is 2.78. The number of nitrogens with one attached hydrogen (secondary N) is 2. The predicted molar refractivity (Wildman–Crippen MR) is 113 cm³/mol. The van der Waals surface area contributed by atoms with Gasteiger partial charge in [0.1, 0.15) is 22.4 Å². The highest BCUT2D eigenvalue weighted by Gasteiger charge is 2.11. The lowest BCUT2D eigenvalue weighted by molar-refractivity contribution is 0.416. The number of hydrogen-bond acceptors (Lipinski definition) is 6. The smallest absolute Gasteiger partial charge is 0.155 e. The van der Waals surface area contributed by atoms with Crippen LogP contribution in [0.15, 0.2) is 66.9 Å². The number of ether oxygens (including phenoxy) is 1. The number of anilines is 3. The van der Waals surface area contributed by atoms with E-state index in [1.807, 2.05) is 42.5 Å². The van der Waals surface area contributed by atoms with E-state index in [1.54, 1.807) is 36.0 Å². The van der Waals surface area contributed by atoms with Crippen molar-refractivity contribution >= 4 is 33.2 Å². The Labute approximate surface area is 168 Å². The van der Waals surface area contributed by atoms with Crippen molar-refractivity contribution in [2.45, 2.75) is 0 Å². The lowest BCUT2D eigenvalue weighted by Gasteiger charge is -2.13. The zero-order valence-electron chi connectivity index (χ0n) is 15.8. The van der Waals surface area contributed by atoms with Crippen molar-refractivity contribution in [3.8, 4) is 17.0 Å². The van der Waals surface area contributed by atoms with E-state index in [4.69, 9.17) is 9.84 Å². The maximum Gasteiger partial charge on any atom is 0.155 e. The van der Waals surface area contributed by atoms with Crippen molar-refractivity contribution in [1.29, 1.82) is 0 Å². The van der Waals surface area contributed by atoms with Crippen molar-refractivity contribution in [3.63, 3.8) is 0 Å². The van der Waals surface area contributed by atoms with Crippen LogP contribution >= 0.6 is 0 Å². The second-order valence-corrected chi connectivity index (χ2v) is 8.16. The van der Waals surface area contributed by atoms with Crippen LogP contribution in [0.2, 0.25) is 0 Å². The van der Waals surface area contributed by atoms with Crippen molar-refractivity contribution in [2.75, 3.05) is 23.4 Å². The molecule has 4 aromatic rings. The van der Waals surface area contributed by atoms with E-state index in [-0.39, 0.29) is 0 Å². The molecular weight excluding hydrogens is 390 g/mol. The monoisotopic (exact) mass is 409 g/mol. The van der Waals surface area contributed by atoms with Crippen LogP contribution in [0.4, 0.5) is 17.2 Å². The van der Waals surface area contributed by atoms with Gasteiger partial charge in [0.05, 0.1) is 24.7 Å². The van der Waals surface area contributed by atoms with Gasteiger partial charge in [-0.3, -0.25) is 0 Å². The first-order valence-electron chi connectivity index (χ1n) is 8.76. The molecule has 0 spiro atoms. The summed E-state index contributed by atoms with van der Waals surface area (Å²) in [5.74, 6) is 1.38. The normalized spacial score (nSPS) is 13.1. The fraction of sp³-hybridized carbons (Fsp3) is 0.100. The first kappa shape index (κ1) is 18.9. The van der Waals surface area contributed by atoms with Crippen LogP contribution in [0.25, 0.3) is 16.9 Å². The van der Waals surface area contributed by atoms with Crippen LogP contribution in [0.5, 0.6) is 5.75 Å². The molecule has 0 fully saturated rings. The molecule has 148 valence electrons. The second-order valence-electron chi connectivity index (χ2n) is 6.41. The van der Waals surface area contributed by atoms with Gasteiger partial charge in [-0.1, -0.05) is 22.4 Å². The van der Waals surface area contributed by atoms with Crippen LogP contribution < -0.4 is 14.8 Å². The highest BCUT2D eigenvalue weighted by Crippen LogP contribution is 2.29. The van der Waals surface area contributed by atoms with Crippen molar-refractivity contribution in [3.05, 3.63) is 66.9 Å². The van der Waals surface area contributed by atoms with Gasteiger partial charge in [0.15, 0.2) is 11.5 Å². The third-order valence-corrected chi connectivity index (χ3v) is 4.79. The van der Waals surface area contributed by atoms with Crippen LogP contribution in [0, 0.1) is 0 Å². The summed E-state index contributed by atoms with van der Waals surface area (Å²) in [6.45, 7) is 0. The summed E-state index contributed by atoms with van der Waals surface area (Å²) in [4.78, 5) is 4.37. The Bertz CT molecular complexity index is 1220. The van der Waals surface area contributed by atoms with E-state index < -0.39 is 10.4 Å². The van der Waals surface area contributed by atoms with Gasteiger partial charge in [0.25, 0.3) is 0 Å². The third-order valence-electron chi connectivity index (χ3n) is 4.18. The molecule has 29 heavy (non-hydrogen) atoms. The van der Waals surface area contributed by atoms with Gasteiger partial charge in [0.2, 0.25) is 0 Å². The number of aromatic nitrogens is 3. The molecule has 2 aromatic carbocycles. The number of para-hydroxylation sites is 1. The first-order valence-corrected chi connectivity index (χ1v) is 10.7. The molecule has 0 aliphatic carbocycles. The highest BCUT2D eigenvalue weighted by atomic mass is 32.3. The van der Waals surface area contributed by atoms with Gasteiger partial charge in [-0.05, 0) is 42.5 Å². The lowest BCUT2D eigenvalue weighted by Crippen LogP contribution is -2.17. The molecule has 9 heteroatoms. The molecule has 0 radical (unpaired) electrons. The third kappa shape index (κ3) is 4.20. The molecule has 0 aliphatic rings. The molecule has 4 rings (SSSR count). The molecule has 8 nitrogen and oxygen atoms in total. The molecule has 1 atom stereocenters. The Morgan fingerprint density at radius 3 is 2.66 bits per heavy atom. The standard InChI is InChI=1S/C20H19N5O3S/c1-28-18-9-4-3-8-16(18)17-10-11-19-21-13-20(25(19)23-17)22-14-6-5-7-15(12-14)24-29(2,26)27/h3-13,22H,1-2H3,(H-,24,26,27). The van der Waals surface area contributed by atoms with Crippen molar-refractivity contribution in [1.82, 2.24) is 14.6 Å². The Hall–Kier alpha value is -3.43. The molecule has 2 N–H and O–H groups in total. The zero-order valence-corrected chi connectivity index (χ0v) is 16.6. The van der Waals surface area contributed by atoms with Gasteiger partial charge >= 0.3 is 0 Å². The largest absolute Gasteiger partial charge is 0.593 e. The van der Waals surface area contributed by atoms with Crippen LogP contribution in [0.3, 0.4) is 0 Å². The molecule has 2 heterocycles. The van der Waals surface area contributed by atoms with Crippen LogP contribution in [-0.2, 0) is 14.6 Å². The van der Waals surface area contributed by atoms with Crippen molar-refractivity contribution < 1.29 is 13.5 Å². The average Bonchev–Trinajstić information content (AvgIpc) is 3.09. The fourth-order valence-electron chi connectivity index (χ4n) is 2.98. The van der Waals surface area contributed by atoms with Gasteiger partial charge in [-0.25, -0.2) is 9.71 Å². The predicted octanol–water partition coefficient (Wildman–Crippen LogP) is 3.74. The topological polar surface area (TPSA) is 104 Å². The average molecular weight is 409 g/mol. The molecule has 0 bridgehead atoms. The van der Waals surface area contributed by atoms with Gasteiger partial charge in [-0.2, -0.15) is 9.61 Å². The molecule has 2 aromatic heterocycles. The minimum absolute atomic E-state index is 0.467. The lowest BCUT2D eigenvalue weighted by atomic mass is 10.1. The Morgan fingerprint density at radius 2 is 1.86 bits per heavy atom. The van der Waals surface area contributed by atoms with E-state index >= 15 is 0 Å². The minimum atomic E-state index is -3.35. The fourth-order valence-corrected chi connectivity index (χ4v) is 3.54. The summed E-state index contributed by atoms with van der Waals surface area (Å²) >= 11 is 0. The zero-order chi connectivity index (χ0) is 20.4. The Balaban J connectivity index is 1.69.